The Morgan fingerprint density at radius 3 is 2.67 bits per heavy atom. The maximum absolute atomic E-state index is 12.6. The predicted octanol–water partition coefficient (Wildman–Crippen LogP) is 4.97. The van der Waals surface area contributed by atoms with Crippen molar-refractivity contribution in [3.05, 3.63) is 64.6 Å². The summed E-state index contributed by atoms with van der Waals surface area (Å²) >= 11 is 1.77. The minimum atomic E-state index is 0.0379. The number of hydrogen-bond acceptors (Lipinski definition) is 3. The summed E-state index contributed by atoms with van der Waals surface area (Å²) in [7, 11) is 0. The molecule has 0 aliphatic rings. The molecule has 0 amide bonds. The van der Waals surface area contributed by atoms with E-state index in [1.165, 1.54) is 0 Å². The van der Waals surface area contributed by atoms with Gasteiger partial charge in [0.1, 0.15) is 0 Å². The number of hydrogen-bond donors (Lipinski definition) is 0. The van der Waals surface area contributed by atoms with Gasteiger partial charge in [-0.2, -0.15) is 0 Å². The van der Waals surface area contributed by atoms with Crippen molar-refractivity contribution in [2.75, 3.05) is 0 Å². The van der Waals surface area contributed by atoms with E-state index in [0.717, 1.165) is 34.8 Å². The van der Waals surface area contributed by atoms with Gasteiger partial charge in [0.2, 0.25) is 0 Å². The Morgan fingerprint density at radius 2 is 1.96 bits per heavy atom. The number of benzene rings is 1. The van der Waals surface area contributed by atoms with Crippen LogP contribution in [0.2, 0.25) is 0 Å². The van der Waals surface area contributed by atoms with Crippen molar-refractivity contribution in [3.8, 4) is 5.69 Å². The van der Waals surface area contributed by atoms with E-state index in [-0.39, 0.29) is 5.43 Å². The topological polar surface area (TPSA) is 34.9 Å². The van der Waals surface area contributed by atoms with Crippen LogP contribution in [-0.2, 0) is 0 Å². The molecule has 0 spiro atoms. The number of nitrogens with zero attached hydrogens (tertiary/aromatic N) is 2. The number of thioether (sulfide) groups is 1. The van der Waals surface area contributed by atoms with E-state index in [9.17, 15) is 4.79 Å². The van der Waals surface area contributed by atoms with Crippen molar-refractivity contribution in [1.29, 1.82) is 0 Å². The second-order valence-corrected chi connectivity index (χ2v) is 7.54. The third-order valence-electron chi connectivity index (χ3n) is 4.03. The summed E-state index contributed by atoms with van der Waals surface area (Å²) in [5.41, 5.74) is 2.94. The maximum Gasteiger partial charge on any atom is 0.192 e. The first-order chi connectivity index (χ1) is 11.6. The van der Waals surface area contributed by atoms with E-state index in [1.54, 1.807) is 24.0 Å². The fourth-order valence-electron chi connectivity index (χ4n) is 2.90. The number of pyridine rings is 2. The fraction of sp³-hybridized carbons (Fsp3) is 0.300. The zero-order valence-electron chi connectivity index (χ0n) is 14.3. The summed E-state index contributed by atoms with van der Waals surface area (Å²) in [5.74, 6) is 0. The summed E-state index contributed by atoms with van der Waals surface area (Å²) in [4.78, 5) is 16.9. The van der Waals surface area contributed by atoms with Crippen LogP contribution in [0.5, 0.6) is 0 Å². The van der Waals surface area contributed by atoms with Crippen LogP contribution >= 0.6 is 11.8 Å². The lowest BCUT2D eigenvalue weighted by atomic mass is 10.2. The molecule has 4 heteroatoms. The van der Waals surface area contributed by atoms with Crippen molar-refractivity contribution < 1.29 is 0 Å². The van der Waals surface area contributed by atoms with Crippen molar-refractivity contribution in [2.24, 2.45) is 0 Å². The first-order valence-corrected chi connectivity index (χ1v) is 9.22. The number of aryl methyl sites for hydroxylation is 1. The lowest BCUT2D eigenvalue weighted by Gasteiger charge is -2.19. The van der Waals surface area contributed by atoms with Crippen LogP contribution in [0.3, 0.4) is 0 Å². The molecule has 0 saturated heterocycles. The van der Waals surface area contributed by atoms with Crippen molar-refractivity contribution in [3.63, 3.8) is 0 Å². The Bertz CT molecular complexity index is 903. The van der Waals surface area contributed by atoms with Crippen molar-refractivity contribution in [2.45, 2.75) is 43.9 Å². The second kappa shape index (κ2) is 7.22. The summed E-state index contributed by atoms with van der Waals surface area (Å²) in [6, 6.07) is 14.0. The molecule has 2 heterocycles. The lowest BCUT2D eigenvalue weighted by Crippen LogP contribution is -2.12. The Balaban J connectivity index is 2.28. The monoisotopic (exact) mass is 338 g/mol. The molecule has 3 nitrogen and oxygen atoms in total. The van der Waals surface area contributed by atoms with Crippen LogP contribution in [-0.4, -0.2) is 14.8 Å². The van der Waals surface area contributed by atoms with E-state index < -0.39 is 0 Å². The summed E-state index contributed by atoms with van der Waals surface area (Å²) in [5, 5.41) is 2.12. The molecule has 0 N–H and O–H groups in total. The van der Waals surface area contributed by atoms with E-state index in [1.807, 2.05) is 31.2 Å². The first-order valence-electron chi connectivity index (χ1n) is 8.34. The Kier molecular flexibility index (Phi) is 5.05. The van der Waals surface area contributed by atoms with E-state index in [2.05, 4.69) is 35.5 Å². The van der Waals surface area contributed by atoms with Crippen molar-refractivity contribution >= 4 is 22.7 Å². The third-order valence-corrected chi connectivity index (χ3v) is 5.21. The van der Waals surface area contributed by atoms with Crippen LogP contribution in [0.25, 0.3) is 16.6 Å². The highest BCUT2D eigenvalue weighted by molar-refractivity contribution is 7.99. The van der Waals surface area contributed by atoms with Crippen LogP contribution in [0.15, 0.2) is 58.5 Å². The zero-order valence-corrected chi connectivity index (χ0v) is 15.1. The molecule has 3 rings (SSSR count). The molecule has 2 aromatic heterocycles. The van der Waals surface area contributed by atoms with Gasteiger partial charge in [0.05, 0.1) is 15.9 Å². The van der Waals surface area contributed by atoms with E-state index in [4.69, 9.17) is 0 Å². The molecule has 0 fully saturated rings. The predicted molar refractivity (Wildman–Crippen MR) is 102 cm³/mol. The van der Waals surface area contributed by atoms with Crippen LogP contribution < -0.4 is 5.43 Å². The average molecular weight is 338 g/mol. The van der Waals surface area contributed by atoms with Gasteiger partial charge in [0.25, 0.3) is 0 Å². The average Bonchev–Trinajstić information content (AvgIpc) is 2.55. The van der Waals surface area contributed by atoms with E-state index >= 15 is 0 Å². The summed E-state index contributed by atoms with van der Waals surface area (Å²) in [6.45, 7) is 6.37. The Hall–Kier alpha value is -2.07. The molecule has 1 atom stereocenters. The van der Waals surface area contributed by atoms with Gasteiger partial charge in [-0.1, -0.05) is 38.5 Å². The van der Waals surface area contributed by atoms with Gasteiger partial charge in [0, 0.05) is 28.9 Å². The standard InChI is InChI=1S/C20H22N2OS/c1-4-8-15(3)24-20-12-19(23)17-13-21-14(2)11-18(17)22(20)16-9-6-5-7-10-16/h5-7,9-13,15H,4,8H2,1-3H3. The smallest absolute Gasteiger partial charge is 0.192 e. The zero-order chi connectivity index (χ0) is 17.1. The second-order valence-electron chi connectivity index (χ2n) is 6.08. The molecule has 0 saturated carbocycles. The number of fused-ring (bicyclic) bond motifs is 1. The van der Waals surface area contributed by atoms with Gasteiger partial charge < -0.3 is 4.57 Å². The molecule has 0 aliphatic carbocycles. The van der Waals surface area contributed by atoms with Gasteiger partial charge in [-0.25, -0.2) is 0 Å². The Labute approximate surface area is 146 Å². The van der Waals surface area contributed by atoms with Gasteiger partial charge in [-0.05, 0) is 31.5 Å². The number of rotatable bonds is 5. The van der Waals surface area contributed by atoms with Crippen LogP contribution in [0.4, 0.5) is 0 Å². The quantitative estimate of drug-likeness (QED) is 0.616. The van der Waals surface area contributed by atoms with Gasteiger partial charge in [0.15, 0.2) is 5.43 Å². The molecule has 0 bridgehead atoms. The lowest BCUT2D eigenvalue weighted by molar-refractivity contribution is 0.783. The number of para-hydroxylation sites is 1. The molecule has 1 aromatic carbocycles. The molecular formula is C20H22N2OS. The highest BCUT2D eigenvalue weighted by Crippen LogP contribution is 2.30. The van der Waals surface area contributed by atoms with E-state index in [0.29, 0.717) is 10.6 Å². The molecule has 24 heavy (non-hydrogen) atoms. The van der Waals surface area contributed by atoms with Gasteiger partial charge in [-0.15, -0.1) is 11.8 Å². The molecule has 0 radical (unpaired) electrons. The molecule has 124 valence electrons. The molecular weight excluding hydrogens is 316 g/mol. The minimum Gasteiger partial charge on any atom is -0.304 e. The van der Waals surface area contributed by atoms with Gasteiger partial charge >= 0.3 is 0 Å². The van der Waals surface area contributed by atoms with Crippen LogP contribution in [0.1, 0.15) is 32.4 Å². The fourth-order valence-corrected chi connectivity index (χ4v) is 4.15. The maximum atomic E-state index is 12.6. The third kappa shape index (κ3) is 3.39. The molecule has 0 aliphatic heterocycles. The van der Waals surface area contributed by atoms with Crippen LogP contribution in [0, 0.1) is 6.92 Å². The molecule has 3 aromatic rings. The number of aromatic nitrogens is 2. The SMILES string of the molecule is CCCC(C)Sc1cc(=O)c2cnc(C)cc2n1-c1ccccc1. The van der Waals surface area contributed by atoms with Gasteiger partial charge in [-0.3, -0.25) is 9.78 Å². The highest BCUT2D eigenvalue weighted by Gasteiger charge is 2.14. The first kappa shape index (κ1) is 16.8. The minimum absolute atomic E-state index is 0.0379. The van der Waals surface area contributed by atoms with Crippen molar-refractivity contribution in [1.82, 2.24) is 9.55 Å². The highest BCUT2D eigenvalue weighted by atomic mass is 32.2. The molecule has 1 unspecified atom stereocenters. The normalized spacial score (nSPS) is 12.5. The summed E-state index contributed by atoms with van der Waals surface area (Å²) in [6.07, 6.45) is 3.96. The largest absolute Gasteiger partial charge is 0.304 e. The summed E-state index contributed by atoms with van der Waals surface area (Å²) < 4.78 is 2.18. The Morgan fingerprint density at radius 1 is 1.21 bits per heavy atom.